The van der Waals surface area contributed by atoms with Crippen molar-refractivity contribution in [3.63, 3.8) is 0 Å². The van der Waals surface area contributed by atoms with E-state index in [-0.39, 0.29) is 11.5 Å². The fourth-order valence-corrected chi connectivity index (χ4v) is 6.02. The summed E-state index contributed by atoms with van der Waals surface area (Å²) in [6.45, 7) is 3.85. The number of hydrogen-bond donors (Lipinski definition) is 2. The molecule has 0 atom stereocenters. The molecule has 0 heterocycles. The smallest absolute Gasteiger partial charge is 0.182 e. The van der Waals surface area contributed by atoms with E-state index in [1.165, 1.54) is 0 Å². The average molecular weight is 523 g/mol. The van der Waals surface area contributed by atoms with Crippen molar-refractivity contribution in [1.82, 2.24) is 0 Å². The summed E-state index contributed by atoms with van der Waals surface area (Å²) in [6, 6.07) is 27.6. The Hall–Kier alpha value is -3.62. The first-order valence-corrected chi connectivity index (χ1v) is 14.5. The molecule has 0 saturated carbocycles. The number of aryl methyl sites for hydroxylation is 2. The van der Waals surface area contributed by atoms with Gasteiger partial charge >= 0.3 is 0 Å². The van der Waals surface area contributed by atoms with E-state index < -0.39 is 19.7 Å². The highest BCUT2D eigenvalue weighted by molar-refractivity contribution is 7.91. The van der Waals surface area contributed by atoms with Crippen LogP contribution in [0.5, 0.6) is 0 Å². The molecule has 4 N–H and O–H groups in total. The van der Waals surface area contributed by atoms with Gasteiger partial charge in [-0.1, -0.05) is 59.7 Å². The van der Waals surface area contributed by atoms with E-state index in [9.17, 15) is 16.8 Å². The van der Waals surface area contributed by atoms with Crippen LogP contribution in [0.2, 0.25) is 0 Å². The minimum atomic E-state index is -3.28. The maximum atomic E-state index is 12.2. The number of benzene rings is 4. The largest absolute Gasteiger partial charge is 0.399 e. The zero-order valence-electron chi connectivity index (χ0n) is 20.3. The summed E-state index contributed by atoms with van der Waals surface area (Å²) in [5, 5.41) is 0. The highest BCUT2D eigenvalue weighted by Crippen LogP contribution is 2.19. The average Bonchev–Trinajstić information content (AvgIpc) is 2.83. The van der Waals surface area contributed by atoms with Crippen molar-refractivity contribution >= 4 is 31.0 Å². The van der Waals surface area contributed by atoms with E-state index in [1.54, 1.807) is 97.1 Å². The van der Waals surface area contributed by atoms with Crippen LogP contribution in [0.25, 0.3) is 0 Å². The first-order chi connectivity index (χ1) is 16.9. The quantitative estimate of drug-likeness (QED) is 0.340. The van der Waals surface area contributed by atoms with Crippen molar-refractivity contribution < 1.29 is 16.8 Å². The summed E-state index contributed by atoms with van der Waals surface area (Å²) in [5.74, 6) is -0.00726. The van der Waals surface area contributed by atoms with E-state index in [2.05, 4.69) is 0 Å². The second-order valence-electron chi connectivity index (χ2n) is 8.63. The predicted octanol–water partition coefficient (Wildman–Crippen LogP) is 5.10. The van der Waals surface area contributed by atoms with E-state index in [0.717, 1.165) is 22.3 Å². The van der Waals surface area contributed by atoms with Gasteiger partial charge in [-0.05, 0) is 73.5 Å². The summed E-state index contributed by atoms with van der Waals surface area (Å²) in [7, 11) is -6.57. The molecule has 4 aromatic carbocycles. The molecule has 0 aromatic heterocycles. The Morgan fingerprint density at radius 1 is 0.472 bits per heavy atom. The van der Waals surface area contributed by atoms with Gasteiger partial charge in [-0.25, -0.2) is 16.8 Å². The lowest BCUT2D eigenvalue weighted by atomic mass is 10.2. The molecule has 0 radical (unpaired) electrons. The lowest BCUT2D eigenvalue weighted by molar-refractivity contribution is 0.593. The Morgan fingerprint density at radius 2 is 0.750 bits per heavy atom. The van der Waals surface area contributed by atoms with E-state index in [4.69, 9.17) is 11.5 Å². The minimum absolute atomic E-state index is 0.00363. The SMILES string of the molecule is Cc1ccc(S(=O)(=O)Cc2ccc(N)cc2)cc1.Cc1ccc(S(=O)(=O)Cc2ccc(N)cc2)cc1. The molecule has 0 aliphatic heterocycles. The van der Waals surface area contributed by atoms with Crippen LogP contribution >= 0.6 is 0 Å². The van der Waals surface area contributed by atoms with E-state index in [0.29, 0.717) is 21.2 Å². The molecule has 0 amide bonds. The second kappa shape index (κ2) is 11.4. The number of nitrogen functional groups attached to an aromatic ring is 2. The normalized spacial score (nSPS) is 11.4. The molecule has 0 unspecified atom stereocenters. The third kappa shape index (κ3) is 7.69. The molecule has 0 saturated heterocycles. The van der Waals surface area contributed by atoms with Gasteiger partial charge in [-0.15, -0.1) is 0 Å². The first kappa shape index (κ1) is 27.0. The highest BCUT2D eigenvalue weighted by Gasteiger charge is 2.15. The Balaban J connectivity index is 0.000000201. The van der Waals surface area contributed by atoms with Gasteiger partial charge in [0.15, 0.2) is 19.7 Å². The third-order valence-electron chi connectivity index (χ3n) is 5.43. The number of rotatable bonds is 6. The molecular formula is C28H30N2O4S2. The molecule has 0 bridgehead atoms. The monoisotopic (exact) mass is 522 g/mol. The van der Waals surface area contributed by atoms with Crippen LogP contribution in [-0.4, -0.2) is 16.8 Å². The molecule has 36 heavy (non-hydrogen) atoms. The minimum Gasteiger partial charge on any atom is -0.399 e. The van der Waals surface area contributed by atoms with Crippen LogP contribution in [0.4, 0.5) is 11.4 Å². The zero-order chi connectivity index (χ0) is 26.3. The third-order valence-corrected chi connectivity index (χ3v) is 8.84. The molecule has 188 valence electrons. The summed E-state index contributed by atoms with van der Waals surface area (Å²) in [5.41, 5.74) is 16.0. The first-order valence-electron chi connectivity index (χ1n) is 11.2. The fourth-order valence-electron chi connectivity index (χ4n) is 3.32. The maximum absolute atomic E-state index is 12.2. The van der Waals surface area contributed by atoms with Crippen molar-refractivity contribution in [2.75, 3.05) is 11.5 Å². The second-order valence-corrected chi connectivity index (χ2v) is 12.6. The van der Waals surface area contributed by atoms with Crippen LogP contribution < -0.4 is 11.5 Å². The molecule has 4 rings (SSSR count). The Kier molecular flexibility index (Phi) is 8.55. The predicted molar refractivity (Wildman–Crippen MR) is 146 cm³/mol. The van der Waals surface area contributed by atoms with Crippen LogP contribution in [0, 0.1) is 13.8 Å². The highest BCUT2D eigenvalue weighted by atomic mass is 32.2. The number of hydrogen-bond acceptors (Lipinski definition) is 6. The molecule has 0 aliphatic carbocycles. The van der Waals surface area contributed by atoms with Crippen molar-refractivity contribution in [3.05, 3.63) is 119 Å². The van der Waals surface area contributed by atoms with Gasteiger partial charge in [-0.3, -0.25) is 0 Å². The van der Waals surface area contributed by atoms with E-state index in [1.807, 2.05) is 13.8 Å². The number of nitrogens with two attached hydrogens (primary N) is 2. The van der Waals surface area contributed by atoms with Crippen LogP contribution in [0.1, 0.15) is 22.3 Å². The number of sulfone groups is 2. The van der Waals surface area contributed by atoms with Crippen molar-refractivity contribution in [2.45, 2.75) is 35.1 Å². The number of anilines is 2. The van der Waals surface area contributed by atoms with Crippen molar-refractivity contribution in [2.24, 2.45) is 0 Å². The van der Waals surface area contributed by atoms with Gasteiger partial charge in [0.25, 0.3) is 0 Å². The van der Waals surface area contributed by atoms with Gasteiger partial charge in [-0.2, -0.15) is 0 Å². The standard InChI is InChI=1S/2C14H15NO2S/c2*1-11-2-8-14(9-3-11)18(16,17)10-12-4-6-13(15)7-5-12/h2*2-9H,10,15H2,1H3. The fraction of sp³-hybridized carbons (Fsp3) is 0.143. The van der Waals surface area contributed by atoms with Gasteiger partial charge in [0.1, 0.15) is 0 Å². The molecule has 4 aromatic rings. The molecule has 0 fully saturated rings. The van der Waals surface area contributed by atoms with E-state index >= 15 is 0 Å². The van der Waals surface area contributed by atoms with Crippen LogP contribution in [0.15, 0.2) is 107 Å². The van der Waals surface area contributed by atoms with Crippen LogP contribution in [-0.2, 0) is 31.2 Å². The lowest BCUT2D eigenvalue weighted by Gasteiger charge is -2.05. The molecule has 6 nitrogen and oxygen atoms in total. The Labute approximate surface area is 213 Å². The van der Waals surface area contributed by atoms with Gasteiger partial charge in [0.05, 0.1) is 21.3 Å². The molecule has 0 spiro atoms. The zero-order valence-corrected chi connectivity index (χ0v) is 21.9. The summed E-state index contributed by atoms with van der Waals surface area (Å²) >= 11 is 0. The molecular weight excluding hydrogens is 492 g/mol. The van der Waals surface area contributed by atoms with Gasteiger partial charge < -0.3 is 11.5 Å². The van der Waals surface area contributed by atoms with Crippen molar-refractivity contribution in [1.29, 1.82) is 0 Å². The summed E-state index contributed by atoms with van der Waals surface area (Å²) in [6.07, 6.45) is 0. The van der Waals surface area contributed by atoms with Gasteiger partial charge in [0.2, 0.25) is 0 Å². The Bertz CT molecular complexity index is 1380. The van der Waals surface area contributed by atoms with Gasteiger partial charge in [0, 0.05) is 11.4 Å². The summed E-state index contributed by atoms with van der Waals surface area (Å²) in [4.78, 5) is 0.704. The Morgan fingerprint density at radius 3 is 1.03 bits per heavy atom. The summed E-state index contributed by atoms with van der Waals surface area (Å²) < 4.78 is 48.7. The maximum Gasteiger partial charge on any atom is 0.182 e. The van der Waals surface area contributed by atoms with Crippen LogP contribution in [0.3, 0.4) is 0 Å². The molecule has 0 aliphatic rings. The molecule has 8 heteroatoms. The topological polar surface area (TPSA) is 120 Å². The van der Waals surface area contributed by atoms with Crippen molar-refractivity contribution in [3.8, 4) is 0 Å². The lowest BCUT2D eigenvalue weighted by Crippen LogP contribution is -2.05.